The van der Waals surface area contributed by atoms with E-state index >= 15 is 0 Å². The monoisotopic (exact) mass is 427 g/mol. The highest BCUT2D eigenvalue weighted by atomic mass is 35.5. The van der Waals surface area contributed by atoms with Crippen LogP contribution >= 0.6 is 11.6 Å². The van der Waals surface area contributed by atoms with Gasteiger partial charge in [-0.05, 0) is 70.4 Å². The molecule has 1 aliphatic rings. The van der Waals surface area contributed by atoms with Crippen molar-refractivity contribution >= 4 is 45.4 Å². The number of anilines is 3. The maximum absolute atomic E-state index is 12.1. The fourth-order valence-corrected chi connectivity index (χ4v) is 4.86. The van der Waals surface area contributed by atoms with Gasteiger partial charge >= 0.3 is 5.97 Å². The molecule has 0 saturated carbocycles. The number of hydrogen-bond acceptors (Lipinski definition) is 3. The van der Waals surface area contributed by atoms with E-state index in [-0.39, 0.29) is 11.4 Å². The summed E-state index contributed by atoms with van der Waals surface area (Å²) >= 11 is 6.17. The molecule has 0 unspecified atom stereocenters. The van der Waals surface area contributed by atoms with Gasteiger partial charge in [0.15, 0.2) is 0 Å². The van der Waals surface area contributed by atoms with Crippen LogP contribution in [-0.4, -0.2) is 13.1 Å². The molecule has 0 spiro atoms. The Balaban J connectivity index is 1.82. The van der Waals surface area contributed by atoms with Crippen molar-refractivity contribution in [2.75, 3.05) is 12.0 Å². The van der Waals surface area contributed by atoms with Crippen LogP contribution in [0, 0.1) is 0 Å². The molecule has 0 atom stereocenters. The summed E-state index contributed by atoms with van der Waals surface area (Å²) in [5.74, 6) is -0.327. The number of methoxy groups -OCH3 is 1. The fourth-order valence-electron chi connectivity index (χ4n) is 4.74. The van der Waals surface area contributed by atoms with Gasteiger partial charge in [0.1, 0.15) is 0 Å². The molecule has 4 heteroatoms. The molecular weight excluding hydrogens is 406 g/mol. The molecule has 5 rings (SSSR count). The number of rotatable bonds is 2. The maximum Gasteiger partial charge on any atom is 0.337 e. The van der Waals surface area contributed by atoms with Crippen molar-refractivity contribution in [3.63, 3.8) is 0 Å². The fraction of sp³-hybridized carbons (Fsp3) is 0.148. The lowest BCUT2D eigenvalue weighted by Crippen LogP contribution is -2.30. The largest absolute Gasteiger partial charge is 0.465 e. The van der Waals surface area contributed by atoms with Crippen LogP contribution in [0.2, 0.25) is 5.02 Å². The number of carbonyl (C=O) groups is 1. The molecule has 3 nitrogen and oxygen atoms in total. The topological polar surface area (TPSA) is 29.5 Å². The van der Waals surface area contributed by atoms with Crippen LogP contribution in [0.1, 0.15) is 35.3 Å². The number of nitrogens with zero attached hydrogens (tertiary/aromatic N) is 1. The van der Waals surface area contributed by atoms with E-state index in [2.05, 4.69) is 55.1 Å². The highest BCUT2D eigenvalue weighted by molar-refractivity contribution is 6.30. The molecule has 0 saturated heterocycles. The van der Waals surface area contributed by atoms with Crippen LogP contribution in [-0.2, 0) is 10.2 Å². The molecule has 31 heavy (non-hydrogen) atoms. The number of carbonyl (C=O) groups excluding carboxylic acids is 1. The minimum absolute atomic E-state index is 0.221. The van der Waals surface area contributed by atoms with Gasteiger partial charge in [-0.1, -0.05) is 55.8 Å². The lowest BCUT2D eigenvalue weighted by molar-refractivity contribution is 0.0601. The van der Waals surface area contributed by atoms with Crippen LogP contribution < -0.4 is 4.90 Å². The standard InChI is InChI=1S/C27H22ClNO2/c1-27(2)22-6-4-5-7-23(22)29(20-12-10-19(28)11-13-20)24-15-9-17-16-18(26(30)31-3)8-14-21(17)25(24)27/h4-16H,1-3H3. The van der Waals surface area contributed by atoms with Gasteiger partial charge < -0.3 is 9.64 Å². The lowest BCUT2D eigenvalue weighted by Gasteiger charge is -2.42. The quantitative estimate of drug-likeness (QED) is 0.312. The summed E-state index contributed by atoms with van der Waals surface area (Å²) < 4.78 is 4.91. The van der Waals surface area contributed by atoms with Gasteiger partial charge in [-0.15, -0.1) is 0 Å². The molecular formula is C27H22ClNO2. The van der Waals surface area contributed by atoms with Gasteiger partial charge in [-0.2, -0.15) is 0 Å². The minimum Gasteiger partial charge on any atom is -0.465 e. The third-order valence-electron chi connectivity index (χ3n) is 6.19. The van der Waals surface area contributed by atoms with Crippen molar-refractivity contribution in [3.05, 3.63) is 101 Å². The molecule has 1 heterocycles. The van der Waals surface area contributed by atoms with Crippen molar-refractivity contribution in [1.82, 2.24) is 0 Å². The Kier molecular flexibility index (Phi) is 4.53. The lowest BCUT2D eigenvalue weighted by atomic mass is 9.71. The van der Waals surface area contributed by atoms with Gasteiger partial charge in [0, 0.05) is 16.1 Å². The number of hydrogen-bond donors (Lipinski definition) is 0. The first kappa shape index (κ1) is 19.7. The summed E-state index contributed by atoms with van der Waals surface area (Å²) in [6, 6.07) is 26.5. The van der Waals surface area contributed by atoms with Crippen molar-refractivity contribution in [1.29, 1.82) is 0 Å². The Hall–Kier alpha value is -3.30. The zero-order valence-corrected chi connectivity index (χ0v) is 18.4. The van der Waals surface area contributed by atoms with Gasteiger partial charge in [-0.25, -0.2) is 4.79 Å². The zero-order valence-electron chi connectivity index (χ0n) is 17.6. The molecule has 0 radical (unpaired) electrons. The van der Waals surface area contributed by atoms with Crippen LogP contribution in [0.5, 0.6) is 0 Å². The highest BCUT2D eigenvalue weighted by Crippen LogP contribution is 2.53. The average molecular weight is 428 g/mol. The van der Waals surface area contributed by atoms with Crippen LogP contribution in [0.4, 0.5) is 17.1 Å². The highest BCUT2D eigenvalue weighted by Gasteiger charge is 2.38. The molecule has 0 N–H and O–H groups in total. The number of para-hydroxylation sites is 1. The number of fused-ring (bicyclic) bond motifs is 4. The third-order valence-corrected chi connectivity index (χ3v) is 6.44. The Morgan fingerprint density at radius 2 is 1.65 bits per heavy atom. The molecule has 1 aliphatic heterocycles. The molecule has 4 aromatic carbocycles. The molecule has 0 amide bonds. The molecule has 0 aliphatic carbocycles. The van der Waals surface area contributed by atoms with Crippen LogP contribution in [0.3, 0.4) is 0 Å². The summed E-state index contributed by atoms with van der Waals surface area (Å²) in [5, 5.41) is 2.86. The molecule has 154 valence electrons. The predicted molar refractivity (Wildman–Crippen MR) is 127 cm³/mol. The second-order valence-electron chi connectivity index (χ2n) is 8.34. The van der Waals surface area contributed by atoms with Gasteiger partial charge in [0.2, 0.25) is 0 Å². The van der Waals surface area contributed by atoms with Gasteiger partial charge in [0.25, 0.3) is 0 Å². The summed E-state index contributed by atoms with van der Waals surface area (Å²) in [4.78, 5) is 14.4. The van der Waals surface area contributed by atoms with Crippen molar-refractivity contribution in [3.8, 4) is 0 Å². The SMILES string of the molecule is COC(=O)c1ccc2c3c(ccc2c1)N(c1ccc(Cl)cc1)c1ccccc1C3(C)C. The number of benzene rings is 4. The van der Waals surface area contributed by atoms with Crippen molar-refractivity contribution in [2.24, 2.45) is 0 Å². The first-order valence-corrected chi connectivity index (χ1v) is 10.6. The first-order valence-electron chi connectivity index (χ1n) is 10.2. The van der Waals surface area contributed by atoms with E-state index in [4.69, 9.17) is 16.3 Å². The van der Waals surface area contributed by atoms with E-state index in [0.717, 1.165) is 27.8 Å². The summed E-state index contributed by atoms with van der Waals surface area (Å²) in [6.45, 7) is 4.52. The van der Waals surface area contributed by atoms with Gasteiger partial charge in [-0.3, -0.25) is 0 Å². The Morgan fingerprint density at radius 1 is 0.903 bits per heavy atom. The maximum atomic E-state index is 12.1. The second-order valence-corrected chi connectivity index (χ2v) is 8.78. The first-order chi connectivity index (χ1) is 14.9. The Morgan fingerprint density at radius 3 is 2.39 bits per heavy atom. The number of halogens is 1. The summed E-state index contributed by atoms with van der Waals surface area (Å²) in [5.41, 5.74) is 6.16. The van der Waals surface area contributed by atoms with E-state index in [1.165, 1.54) is 18.2 Å². The van der Waals surface area contributed by atoms with Crippen LogP contribution in [0.15, 0.2) is 78.9 Å². The van der Waals surface area contributed by atoms with E-state index < -0.39 is 0 Å². The molecule has 0 fully saturated rings. The third kappa shape index (κ3) is 3.00. The van der Waals surface area contributed by atoms with Crippen molar-refractivity contribution < 1.29 is 9.53 Å². The molecule has 0 aromatic heterocycles. The number of esters is 1. The Bertz CT molecular complexity index is 1330. The normalized spacial score (nSPS) is 14.1. The molecule has 4 aromatic rings. The summed E-state index contributed by atoms with van der Waals surface area (Å²) in [6.07, 6.45) is 0. The minimum atomic E-state index is -0.327. The summed E-state index contributed by atoms with van der Waals surface area (Å²) in [7, 11) is 1.41. The Labute approximate surface area is 186 Å². The average Bonchev–Trinajstić information content (AvgIpc) is 2.79. The van der Waals surface area contributed by atoms with E-state index in [9.17, 15) is 4.79 Å². The smallest absolute Gasteiger partial charge is 0.337 e. The zero-order chi connectivity index (χ0) is 21.8. The van der Waals surface area contributed by atoms with E-state index in [1.807, 2.05) is 42.5 Å². The predicted octanol–water partition coefficient (Wildman–Crippen LogP) is 7.39. The molecule has 0 bridgehead atoms. The van der Waals surface area contributed by atoms with Gasteiger partial charge in [0.05, 0.1) is 24.0 Å². The second kappa shape index (κ2) is 7.14. The van der Waals surface area contributed by atoms with E-state index in [0.29, 0.717) is 10.6 Å². The number of ether oxygens (including phenoxy) is 1. The van der Waals surface area contributed by atoms with Crippen LogP contribution in [0.25, 0.3) is 10.8 Å². The van der Waals surface area contributed by atoms with E-state index in [1.54, 1.807) is 0 Å². The van der Waals surface area contributed by atoms with Crippen molar-refractivity contribution in [2.45, 2.75) is 19.3 Å².